The van der Waals surface area contributed by atoms with Gasteiger partial charge in [-0.05, 0) is 50.6 Å². The molecule has 1 heterocycles. The van der Waals surface area contributed by atoms with Crippen LogP contribution in [0.3, 0.4) is 0 Å². The van der Waals surface area contributed by atoms with E-state index in [9.17, 15) is 13.2 Å². The molecular weight excluding hydrogens is 330 g/mol. The molecule has 2 rings (SSSR count). The maximum Gasteiger partial charge on any atom is 0.256 e. The molecule has 0 saturated carbocycles. The van der Waals surface area contributed by atoms with E-state index in [0.717, 1.165) is 4.31 Å². The summed E-state index contributed by atoms with van der Waals surface area (Å²) < 4.78 is 31.4. The summed E-state index contributed by atoms with van der Waals surface area (Å²) in [4.78, 5) is 12.9. The van der Waals surface area contributed by atoms with E-state index < -0.39 is 15.6 Å². The molecule has 1 aromatic carbocycles. The molecule has 1 aliphatic heterocycles. The van der Waals surface area contributed by atoms with Gasteiger partial charge in [0.05, 0.1) is 4.90 Å². The second kappa shape index (κ2) is 7.18. The summed E-state index contributed by atoms with van der Waals surface area (Å²) in [5.41, 5.74) is 0.197. The van der Waals surface area contributed by atoms with Crippen LogP contribution < -0.4 is 10.6 Å². The van der Waals surface area contributed by atoms with Gasteiger partial charge in [-0.1, -0.05) is 6.07 Å². The fourth-order valence-corrected chi connectivity index (χ4v) is 3.90. The van der Waals surface area contributed by atoms with Gasteiger partial charge in [0.15, 0.2) is 0 Å². The molecule has 7 nitrogen and oxygen atoms in total. The molecule has 1 aliphatic rings. The second-order valence-electron chi connectivity index (χ2n) is 6.17. The van der Waals surface area contributed by atoms with Gasteiger partial charge < -0.3 is 15.4 Å². The first-order valence-corrected chi connectivity index (χ1v) is 9.27. The lowest BCUT2D eigenvalue weighted by Crippen LogP contribution is -2.51. The Bertz CT molecular complexity index is 710. The molecule has 1 fully saturated rings. The Morgan fingerprint density at radius 2 is 1.92 bits per heavy atom. The molecule has 0 atom stereocenters. The van der Waals surface area contributed by atoms with E-state index in [1.807, 2.05) is 0 Å². The number of hydrogen-bond acceptors (Lipinski definition) is 5. The molecule has 0 radical (unpaired) electrons. The molecule has 1 saturated heterocycles. The van der Waals surface area contributed by atoms with Crippen LogP contribution in [0.1, 0.15) is 18.4 Å². The first-order chi connectivity index (χ1) is 11.2. The van der Waals surface area contributed by atoms with Crippen molar-refractivity contribution in [1.82, 2.24) is 9.62 Å². The molecule has 0 aliphatic carbocycles. The maximum atomic E-state index is 12.7. The number of anilines is 1. The summed E-state index contributed by atoms with van der Waals surface area (Å²) in [6, 6.07) is 4.88. The first-order valence-electron chi connectivity index (χ1n) is 7.83. The Hall–Kier alpha value is -1.48. The molecule has 0 aromatic heterocycles. The van der Waals surface area contributed by atoms with Gasteiger partial charge in [-0.3, -0.25) is 4.79 Å². The van der Waals surface area contributed by atoms with Crippen molar-refractivity contribution >= 4 is 21.6 Å². The summed E-state index contributed by atoms with van der Waals surface area (Å²) in [5.74, 6) is -0.247. The average Bonchev–Trinajstić information content (AvgIpc) is 2.56. The molecular formula is C16H25N3O4S. The van der Waals surface area contributed by atoms with Gasteiger partial charge in [-0.25, -0.2) is 12.7 Å². The number of carbonyl (C=O) groups excluding carboxylic acids is 1. The zero-order valence-corrected chi connectivity index (χ0v) is 15.4. The van der Waals surface area contributed by atoms with Crippen LogP contribution in [0.2, 0.25) is 0 Å². The number of ether oxygens (including phenoxy) is 1. The molecule has 0 bridgehead atoms. The number of rotatable bonds is 5. The van der Waals surface area contributed by atoms with E-state index >= 15 is 0 Å². The van der Waals surface area contributed by atoms with Crippen molar-refractivity contribution < 1.29 is 17.9 Å². The van der Waals surface area contributed by atoms with E-state index in [2.05, 4.69) is 10.6 Å². The maximum absolute atomic E-state index is 12.7. The third kappa shape index (κ3) is 3.61. The number of benzene rings is 1. The van der Waals surface area contributed by atoms with Crippen molar-refractivity contribution in [3.8, 4) is 0 Å². The number of nitrogens with one attached hydrogen (secondary N) is 2. The van der Waals surface area contributed by atoms with Crippen molar-refractivity contribution in [3.05, 3.63) is 23.8 Å². The van der Waals surface area contributed by atoms with Crippen LogP contribution in [0.5, 0.6) is 0 Å². The summed E-state index contributed by atoms with van der Waals surface area (Å²) in [5, 5.41) is 6.00. The third-order valence-corrected chi connectivity index (χ3v) is 6.38. The lowest BCUT2D eigenvalue weighted by molar-refractivity contribution is -0.140. The van der Waals surface area contributed by atoms with Crippen molar-refractivity contribution in [2.24, 2.45) is 0 Å². The minimum absolute atomic E-state index is 0.182. The molecule has 24 heavy (non-hydrogen) atoms. The van der Waals surface area contributed by atoms with Crippen molar-refractivity contribution in [2.75, 3.05) is 39.6 Å². The van der Waals surface area contributed by atoms with Crippen LogP contribution in [0.25, 0.3) is 0 Å². The molecule has 0 unspecified atom stereocenters. The largest absolute Gasteiger partial charge is 0.368 e. The first kappa shape index (κ1) is 18.9. The number of methoxy groups -OCH3 is 1. The van der Waals surface area contributed by atoms with Crippen LogP contribution in [0.15, 0.2) is 23.1 Å². The average molecular weight is 355 g/mol. The second-order valence-corrected chi connectivity index (χ2v) is 8.29. The van der Waals surface area contributed by atoms with Crippen molar-refractivity contribution in [2.45, 2.75) is 30.3 Å². The lowest BCUT2D eigenvalue weighted by Gasteiger charge is -2.34. The van der Waals surface area contributed by atoms with Crippen molar-refractivity contribution in [3.63, 3.8) is 0 Å². The number of carbonyl (C=O) groups is 1. The minimum Gasteiger partial charge on any atom is -0.368 e. The highest BCUT2D eigenvalue weighted by atomic mass is 32.2. The van der Waals surface area contributed by atoms with Crippen LogP contribution in [-0.4, -0.2) is 58.5 Å². The van der Waals surface area contributed by atoms with E-state index in [1.165, 1.54) is 27.3 Å². The monoisotopic (exact) mass is 355 g/mol. The van der Waals surface area contributed by atoms with E-state index in [1.54, 1.807) is 19.1 Å². The Labute approximate surface area is 143 Å². The summed E-state index contributed by atoms with van der Waals surface area (Å²) in [6.45, 7) is 3.14. The highest BCUT2D eigenvalue weighted by Gasteiger charge is 2.39. The van der Waals surface area contributed by atoms with Crippen LogP contribution in [0, 0.1) is 6.92 Å². The number of hydrogen-bond donors (Lipinski definition) is 2. The van der Waals surface area contributed by atoms with Gasteiger partial charge >= 0.3 is 0 Å². The fourth-order valence-electron chi connectivity index (χ4n) is 2.75. The molecule has 134 valence electrons. The smallest absolute Gasteiger partial charge is 0.256 e. The number of piperidine rings is 1. The molecule has 8 heteroatoms. The highest BCUT2D eigenvalue weighted by Crippen LogP contribution is 2.27. The normalized spacial score (nSPS) is 17.7. The predicted octanol–water partition coefficient (Wildman–Crippen LogP) is 0.952. The van der Waals surface area contributed by atoms with Gasteiger partial charge in [0.1, 0.15) is 5.60 Å². The van der Waals surface area contributed by atoms with E-state index in [0.29, 0.717) is 37.2 Å². The summed E-state index contributed by atoms with van der Waals surface area (Å²) in [6.07, 6.45) is 1.15. The van der Waals surface area contributed by atoms with Crippen LogP contribution in [-0.2, 0) is 19.6 Å². The minimum atomic E-state index is -3.57. The predicted molar refractivity (Wildman–Crippen MR) is 92.5 cm³/mol. The molecule has 2 N–H and O–H groups in total. The Morgan fingerprint density at radius 3 is 2.46 bits per heavy atom. The zero-order chi connectivity index (χ0) is 18.0. The SMILES string of the molecule is COC1(C(=O)Nc2ccc(C)c(S(=O)(=O)N(C)C)c2)CCNCC1. The molecule has 1 aromatic rings. The van der Waals surface area contributed by atoms with Gasteiger partial charge in [0, 0.05) is 26.9 Å². The van der Waals surface area contributed by atoms with E-state index in [4.69, 9.17) is 4.74 Å². The quantitative estimate of drug-likeness (QED) is 0.821. The third-order valence-electron chi connectivity index (χ3n) is 4.42. The standard InChI is InChI=1S/C16H25N3O4S/c1-12-5-6-13(11-14(12)24(21,22)19(2)3)18-15(20)16(23-4)7-9-17-10-8-16/h5-6,11,17H,7-10H2,1-4H3,(H,18,20). The number of sulfonamides is 1. The topological polar surface area (TPSA) is 87.7 Å². The van der Waals surface area contributed by atoms with Gasteiger partial charge in [-0.2, -0.15) is 0 Å². The van der Waals surface area contributed by atoms with Gasteiger partial charge in [-0.15, -0.1) is 0 Å². The Morgan fingerprint density at radius 1 is 1.29 bits per heavy atom. The number of amides is 1. The van der Waals surface area contributed by atoms with Crippen LogP contribution >= 0.6 is 0 Å². The van der Waals surface area contributed by atoms with E-state index in [-0.39, 0.29) is 10.8 Å². The Balaban J connectivity index is 2.29. The van der Waals surface area contributed by atoms with Crippen LogP contribution in [0.4, 0.5) is 5.69 Å². The highest BCUT2D eigenvalue weighted by molar-refractivity contribution is 7.89. The summed E-state index contributed by atoms with van der Waals surface area (Å²) >= 11 is 0. The van der Waals surface area contributed by atoms with Gasteiger partial charge in [0.2, 0.25) is 10.0 Å². The molecule has 1 amide bonds. The zero-order valence-electron chi connectivity index (χ0n) is 14.5. The van der Waals surface area contributed by atoms with Gasteiger partial charge in [0.25, 0.3) is 5.91 Å². The molecule has 0 spiro atoms. The number of aryl methyl sites for hydroxylation is 1. The number of nitrogens with zero attached hydrogens (tertiary/aromatic N) is 1. The fraction of sp³-hybridized carbons (Fsp3) is 0.562. The van der Waals surface area contributed by atoms with Crippen molar-refractivity contribution in [1.29, 1.82) is 0 Å². The summed E-state index contributed by atoms with van der Waals surface area (Å²) in [7, 11) is 0.921. The lowest BCUT2D eigenvalue weighted by atomic mass is 9.91. The Kier molecular flexibility index (Phi) is 5.64.